The summed E-state index contributed by atoms with van der Waals surface area (Å²) in [6.45, 7) is 11.2. The predicted molar refractivity (Wildman–Crippen MR) is 84.9 cm³/mol. The molecule has 0 aromatic carbocycles. The smallest absolute Gasteiger partial charge is 0.148 e. The number of nitrogens with zero attached hydrogens (tertiary/aromatic N) is 3. The van der Waals surface area contributed by atoms with E-state index in [4.69, 9.17) is 5.84 Å². The quantitative estimate of drug-likeness (QED) is 0.563. The minimum atomic E-state index is -0.122. The molecule has 0 saturated heterocycles. The second-order valence-corrected chi connectivity index (χ2v) is 6.46. The van der Waals surface area contributed by atoms with E-state index in [1.165, 1.54) is 0 Å². The molecule has 1 heterocycles. The molecule has 6 heteroatoms. The van der Waals surface area contributed by atoms with Gasteiger partial charge in [0.15, 0.2) is 0 Å². The minimum absolute atomic E-state index is 0.122. The number of hydrazine groups is 1. The van der Waals surface area contributed by atoms with Crippen molar-refractivity contribution in [1.29, 1.82) is 0 Å². The molecular formula is C14H28N6. The van der Waals surface area contributed by atoms with Crippen LogP contribution in [0.4, 0.5) is 11.6 Å². The van der Waals surface area contributed by atoms with E-state index in [-0.39, 0.29) is 5.41 Å². The maximum absolute atomic E-state index is 5.56. The Hall–Kier alpha value is -1.40. The molecule has 1 rings (SSSR count). The van der Waals surface area contributed by atoms with E-state index in [2.05, 4.69) is 67.4 Å². The maximum Gasteiger partial charge on any atom is 0.148 e. The van der Waals surface area contributed by atoms with E-state index in [0.717, 1.165) is 23.8 Å². The molecule has 0 amide bonds. The lowest BCUT2D eigenvalue weighted by Gasteiger charge is -2.23. The van der Waals surface area contributed by atoms with Crippen LogP contribution in [0.5, 0.6) is 0 Å². The van der Waals surface area contributed by atoms with Crippen molar-refractivity contribution in [2.45, 2.75) is 46.1 Å². The van der Waals surface area contributed by atoms with Crippen LogP contribution in [-0.4, -0.2) is 41.5 Å². The van der Waals surface area contributed by atoms with Gasteiger partial charge in [0.1, 0.15) is 17.5 Å². The van der Waals surface area contributed by atoms with Crippen molar-refractivity contribution >= 4 is 11.6 Å². The second kappa shape index (κ2) is 6.37. The number of hydrogen-bond acceptors (Lipinski definition) is 6. The third kappa shape index (κ3) is 4.05. The lowest BCUT2D eigenvalue weighted by Crippen LogP contribution is -2.32. The Labute approximate surface area is 122 Å². The van der Waals surface area contributed by atoms with Gasteiger partial charge in [-0.2, -0.15) is 0 Å². The first-order chi connectivity index (χ1) is 9.16. The first-order valence-corrected chi connectivity index (χ1v) is 6.92. The standard InChI is InChI=1S/C14H28N6/c1-9(20(6)7)8-16-11-10(2)12(19-15)18-13(17-11)14(3,4)5/h9H,8,15H2,1-7H3,(H2,16,17,18,19). The molecule has 0 aliphatic carbocycles. The zero-order valence-corrected chi connectivity index (χ0v) is 13.7. The SMILES string of the molecule is Cc1c(NN)nc(C(C)(C)C)nc1NCC(C)N(C)C. The van der Waals surface area contributed by atoms with Gasteiger partial charge in [-0.15, -0.1) is 0 Å². The summed E-state index contributed by atoms with van der Waals surface area (Å²) in [6.07, 6.45) is 0. The van der Waals surface area contributed by atoms with Gasteiger partial charge in [0.2, 0.25) is 0 Å². The highest BCUT2D eigenvalue weighted by molar-refractivity contribution is 5.57. The highest BCUT2D eigenvalue weighted by Gasteiger charge is 2.21. The van der Waals surface area contributed by atoms with Crippen molar-refractivity contribution in [2.24, 2.45) is 5.84 Å². The second-order valence-electron chi connectivity index (χ2n) is 6.46. The van der Waals surface area contributed by atoms with Crippen LogP contribution in [0.15, 0.2) is 0 Å². The van der Waals surface area contributed by atoms with Crippen LogP contribution in [-0.2, 0) is 5.41 Å². The van der Waals surface area contributed by atoms with Crippen LogP contribution >= 0.6 is 0 Å². The number of likely N-dealkylation sites (N-methyl/N-ethyl adjacent to an activating group) is 1. The minimum Gasteiger partial charge on any atom is -0.368 e. The van der Waals surface area contributed by atoms with E-state index in [9.17, 15) is 0 Å². The number of nitrogens with two attached hydrogens (primary N) is 1. The van der Waals surface area contributed by atoms with Gasteiger partial charge in [-0.05, 0) is 27.9 Å². The number of anilines is 2. The monoisotopic (exact) mass is 280 g/mol. The summed E-state index contributed by atoms with van der Waals surface area (Å²) < 4.78 is 0. The first-order valence-electron chi connectivity index (χ1n) is 6.92. The predicted octanol–water partition coefficient (Wildman–Crippen LogP) is 1.73. The molecular weight excluding hydrogens is 252 g/mol. The van der Waals surface area contributed by atoms with Gasteiger partial charge >= 0.3 is 0 Å². The number of nitrogen functional groups attached to an aromatic ring is 1. The summed E-state index contributed by atoms with van der Waals surface area (Å²) >= 11 is 0. The van der Waals surface area contributed by atoms with Crippen molar-refractivity contribution < 1.29 is 0 Å². The number of hydrogen-bond donors (Lipinski definition) is 3. The van der Waals surface area contributed by atoms with E-state index >= 15 is 0 Å². The Morgan fingerprint density at radius 3 is 2.20 bits per heavy atom. The Bertz CT molecular complexity index is 450. The number of rotatable bonds is 5. The zero-order chi connectivity index (χ0) is 15.5. The number of nitrogens with one attached hydrogen (secondary N) is 2. The molecule has 114 valence electrons. The summed E-state index contributed by atoms with van der Waals surface area (Å²) in [5.74, 6) is 7.84. The molecule has 0 bridgehead atoms. The van der Waals surface area contributed by atoms with Gasteiger partial charge in [-0.1, -0.05) is 20.8 Å². The molecule has 1 unspecified atom stereocenters. The largest absolute Gasteiger partial charge is 0.368 e. The van der Waals surface area contributed by atoms with Crippen molar-refractivity contribution in [2.75, 3.05) is 31.4 Å². The van der Waals surface area contributed by atoms with Gasteiger partial charge < -0.3 is 15.6 Å². The molecule has 0 fully saturated rings. The zero-order valence-electron chi connectivity index (χ0n) is 13.7. The fraction of sp³-hybridized carbons (Fsp3) is 0.714. The Morgan fingerprint density at radius 2 is 1.75 bits per heavy atom. The topological polar surface area (TPSA) is 79.1 Å². The van der Waals surface area contributed by atoms with Crippen molar-refractivity contribution in [3.8, 4) is 0 Å². The molecule has 1 aromatic heterocycles. The highest BCUT2D eigenvalue weighted by Crippen LogP contribution is 2.25. The van der Waals surface area contributed by atoms with Crippen molar-refractivity contribution in [3.05, 3.63) is 11.4 Å². The van der Waals surface area contributed by atoms with Crippen LogP contribution in [0.3, 0.4) is 0 Å². The highest BCUT2D eigenvalue weighted by atomic mass is 15.3. The summed E-state index contributed by atoms with van der Waals surface area (Å²) in [4.78, 5) is 11.3. The number of aromatic nitrogens is 2. The average Bonchev–Trinajstić information content (AvgIpc) is 2.35. The Kier molecular flexibility index (Phi) is 5.30. The van der Waals surface area contributed by atoms with E-state index in [0.29, 0.717) is 11.9 Å². The normalized spacial score (nSPS) is 13.4. The summed E-state index contributed by atoms with van der Waals surface area (Å²) in [5, 5.41) is 3.39. The molecule has 0 saturated carbocycles. The summed E-state index contributed by atoms with van der Waals surface area (Å²) in [6, 6.07) is 0.414. The molecule has 0 spiro atoms. The van der Waals surface area contributed by atoms with Crippen LogP contribution in [0, 0.1) is 6.92 Å². The molecule has 1 atom stereocenters. The van der Waals surface area contributed by atoms with E-state index in [1.54, 1.807) is 0 Å². The molecule has 4 N–H and O–H groups in total. The van der Waals surface area contributed by atoms with Gasteiger partial charge in [0.25, 0.3) is 0 Å². The van der Waals surface area contributed by atoms with Crippen LogP contribution in [0.2, 0.25) is 0 Å². The van der Waals surface area contributed by atoms with Gasteiger partial charge in [0.05, 0.1) is 0 Å². The molecule has 20 heavy (non-hydrogen) atoms. The lowest BCUT2D eigenvalue weighted by atomic mass is 9.95. The molecule has 0 radical (unpaired) electrons. The van der Waals surface area contributed by atoms with E-state index in [1.807, 2.05) is 6.92 Å². The third-order valence-corrected chi connectivity index (χ3v) is 3.40. The van der Waals surface area contributed by atoms with Gasteiger partial charge in [0, 0.05) is 23.6 Å². The molecule has 6 nitrogen and oxygen atoms in total. The molecule has 1 aromatic rings. The van der Waals surface area contributed by atoms with Crippen molar-refractivity contribution in [1.82, 2.24) is 14.9 Å². The van der Waals surface area contributed by atoms with E-state index < -0.39 is 0 Å². The Balaban J connectivity index is 3.05. The third-order valence-electron chi connectivity index (χ3n) is 3.40. The summed E-state index contributed by atoms with van der Waals surface area (Å²) in [5.41, 5.74) is 3.47. The lowest BCUT2D eigenvalue weighted by molar-refractivity contribution is 0.326. The van der Waals surface area contributed by atoms with Crippen LogP contribution in [0.25, 0.3) is 0 Å². The fourth-order valence-electron chi connectivity index (χ4n) is 1.59. The molecule has 0 aliphatic rings. The first kappa shape index (κ1) is 16.7. The maximum atomic E-state index is 5.56. The van der Waals surface area contributed by atoms with Crippen LogP contribution in [0.1, 0.15) is 39.1 Å². The molecule has 0 aliphatic heterocycles. The summed E-state index contributed by atoms with van der Waals surface area (Å²) in [7, 11) is 4.12. The van der Waals surface area contributed by atoms with Crippen molar-refractivity contribution in [3.63, 3.8) is 0 Å². The average molecular weight is 280 g/mol. The van der Waals surface area contributed by atoms with Crippen LogP contribution < -0.4 is 16.6 Å². The van der Waals surface area contributed by atoms with Gasteiger partial charge in [-0.3, -0.25) is 0 Å². The Morgan fingerprint density at radius 1 is 1.20 bits per heavy atom. The fourth-order valence-corrected chi connectivity index (χ4v) is 1.59. The van der Waals surface area contributed by atoms with Gasteiger partial charge in [-0.25, -0.2) is 15.8 Å².